The molecule has 18 heavy (non-hydrogen) atoms. The van der Waals surface area contributed by atoms with Crippen LogP contribution >= 0.6 is 0 Å². The van der Waals surface area contributed by atoms with Crippen LogP contribution in [0.3, 0.4) is 0 Å². The number of hydrogen-bond acceptors (Lipinski definition) is 4. The van der Waals surface area contributed by atoms with Crippen LogP contribution in [0.25, 0.3) is 0 Å². The first-order valence-corrected chi connectivity index (χ1v) is 5.47. The van der Waals surface area contributed by atoms with Gasteiger partial charge in [-0.05, 0) is 23.6 Å². The minimum absolute atomic E-state index is 0.0732. The van der Waals surface area contributed by atoms with Crippen LogP contribution in [0.4, 0.5) is 4.39 Å². The molecule has 1 aromatic carbocycles. The Morgan fingerprint density at radius 1 is 1.39 bits per heavy atom. The van der Waals surface area contributed by atoms with E-state index in [-0.39, 0.29) is 29.5 Å². The number of halogens is 1. The highest BCUT2D eigenvalue weighted by Gasteiger charge is 2.10. The van der Waals surface area contributed by atoms with Crippen molar-refractivity contribution >= 4 is 5.84 Å². The van der Waals surface area contributed by atoms with Crippen molar-refractivity contribution in [2.24, 2.45) is 16.6 Å². The van der Waals surface area contributed by atoms with Crippen LogP contribution in [-0.4, -0.2) is 5.84 Å². The van der Waals surface area contributed by atoms with Gasteiger partial charge in [-0.15, -0.1) is 5.11 Å². The molecule has 0 unspecified atom stereocenters. The zero-order valence-corrected chi connectivity index (χ0v) is 10.1. The van der Waals surface area contributed by atoms with E-state index in [1.807, 2.05) is 6.92 Å². The van der Waals surface area contributed by atoms with Gasteiger partial charge in [-0.1, -0.05) is 19.1 Å². The minimum atomic E-state index is -0.310. The van der Waals surface area contributed by atoms with Gasteiger partial charge < -0.3 is 11.5 Å². The summed E-state index contributed by atoms with van der Waals surface area (Å²) < 4.78 is 13.6. The van der Waals surface area contributed by atoms with Gasteiger partial charge in [0.25, 0.3) is 0 Å². The molecule has 5 nitrogen and oxygen atoms in total. The van der Waals surface area contributed by atoms with Gasteiger partial charge in [-0.2, -0.15) is 0 Å². The zero-order chi connectivity index (χ0) is 13.7. The van der Waals surface area contributed by atoms with Gasteiger partial charge in [0.15, 0.2) is 5.84 Å². The van der Waals surface area contributed by atoms with E-state index in [9.17, 15) is 4.39 Å². The Morgan fingerprint density at radius 3 is 2.50 bits per heavy atom. The maximum Gasteiger partial charge on any atom is 0.173 e. The van der Waals surface area contributed by atoms with Crippen molar-refractivity contribution in [1.29, 1.82) is 10.9 Å². The van der Waals surface area contributed by atoms with Gasteiger partial charge in [0.1, 0.15) is 11.6 Å². The Labute approximate surface area is 105 Å². The van der Waals surface area contributed by atoms with Crippen LogP contribution in [0, 0.1) is 16.8 Å². The van der Waals surface area contributed by atoms with Crippen molar-refractivity contribution in [2.45, 2.75) is 19.8 Å². The maximum absolute atomic E-state index is 13.6. The molecule has 0 atom stereocenters. The van der Waals surface area contributed by atoms with Gasteiger partial charge in [-0.3, -0.25) is 5.41 Å². The maximum atomic E-state index is 13.6. The molecule has 0 fully saturated rings. The van der Waals surface area contributed by atoms with E-state index >= 15 is 0 Å². The molecule has 0 aliphatic carbocycles. The molecule has 0 bridgehead atoms. The molecule has 1 aromatic rings. The van der Waals surface area contributed by atoms with Crippen LogP contribution in [0.1, 0.15) is 18.1 Å². The van der Waals surface area contributed by atoms with Crippen molar-refractivity contribution in [3.8, 4) is 0 Å². The molecule has 0 aliphatic heterocycles. The first kappa shape index (κ1) is 13.8. The summed E-state index contributed by atoms with van der Waals surface area (Å²) in [5.41, 5.74) is 19.2. The summed E-state index contributed by atoms with van der Waals surface area (Å²) in [6.07, 6.45) is 0.802. The number of nitrogens with two attached hydrogens (primary N) is 2. The van der Waals surface area contributed by atoms with E-state index in [0.29, 0.717) is 17.5 Å². The Kier molecular flexibility index (Phi) is 4.53. The summed E-state index contributed by atoms with van der Waals surface area (Å²) in [5.74, 6) is -0.676. The van der Waals surface area contributed by atoms with Crippen molar-refractivity contribution in [3.63, 3.8) is 0 Å². The fraction of sp³-hybridized carbons (Fsp3) is 0.250. The monoisotopic (exact) mass is 249 g/mol. The number of benzene rings is 1. The van der Waals surface area contributed by atoms with Crippen molar-refractivity contribution in [1.82, 2.24) is 0 Å². The van der Waals surface area contributed by atoms with Crippen LogP contribution < -0.4 is 11.5 Å². The molecule has 96 valence electrons. The average Bonchev–Trinajstić information content (AvgIpc) is 2.35. The normalized spacial score (nSPS) is 9.89. The molecule has 0 radical (unpaired) electrons. The molecule has 6 N–H and O–H groups in total. The minimum Gasteiger partial charge on any atom is -0.385 e. The first-order chi connectivity index (χ1) is 8.49. The van der Waals surface area contributed by atoms with E-state index in [4.69, 9.17) is 22.4 Å². The highest BCUT2D eigenvalue weighted by molar-refractivity contribution is 5.96. The Balaban J connectivity index is 3.03. The summed E-state index contributed by atoms with van der Waals surface area (Å²) in [7, 11) is 0. The molecule has 0 spiro atoms. The fourth-order valence-electron chi connectivity index (χ4n) is 1.58. The van der Waals surface area contributed by atoms with E-state index in [2.05, 4.69) is 5.11 Å². The third-order valence-electron chi connectivity index (χ3n) is 2.63. The summed E-state index contributed by atoms with van der Waals surface area (Å²) in [4.78, 5) is 0. The molecule has 0 heterocycles. The lowest BCUT2D eigenvalue weighted by Crippen LogP contribution is -2.17. The van der Waals surface area contributed by atoms with E-state index in [1.165, 1.54) is 6.07 Å². The molecule has 0 amide bonds. The predicted octanol–water partition coefficient (Wildman–Crippen LogP) is 2.07. The fourth-order valence-corrected chi connectivity index (χ4v) is 1.58. The first-order valence-electron chi connectivity index (χ1n) is 5.47. The average molecular weight is 249 g/mol. The Bertz CT molecular complexity index is 503. The molecule has 0 saturated carbocycles. The van der Waals surface area contributed by atoms with Gasteiger partial charge in [-0.25, -0.2) is 9.92 Å². The highest BCUT2D eigenvalue weighted by Crippen LogP contribution is 2.15. The summed E-state index contributed by atoms with van der Waals surface area (Å²) >= 11 is 0. The highest BCUT2D eigenvalue weighted by atomic mass is 19.1. The smallest absolute Gasteiger partial charge is 0.173 e. The quantitative estimate of drug-likeness (QED) is 0.372. The van der Waals surface area contributed by atoms with Crippen LogP contribution in [0.2, 0.25) is 0 Å². The number of nitrogens with zero attached hydrogens (tertiary/aromatic N) is 1. The molecule has 6 heteroatoms. The third kappa shape index (κ3) is 3.13. The Morgan fingerprint density at radius 2 is 2.06 bits per heavy atom. The molecular weight excluding hydrogens is 233 g/mol. The zero-order valence-electron chi connectivity index (χ0n) is 10.1. The number of hydrogen-bond donors (Lipinski definition) is 4. The second-order valence-electron chi connectivity index (χ2n) is 3.85. The van der Waals surface area contributed by atoms with Crippen molar-refractivity contribution < 1.29 is 4.39 Å². The summed E-state index contributed by atoms with van der Waals surface area (Å²) in [5, 5.41) is 10.4. The van der Waals surface area contributed by atoms with Gasteiger partial charge in [0.05, 0.1) is 0 Å². The molecule has 0 aliphatic rings. The Hall–Kier alpha value is -2.24. The topological polar surface area (TPSA) is 112 Å². The van der Waals surface area contributed by atoms with E-state index in [1.54, 1.807) is 12.1 Å². The van der Waals surface area contributed by atoms with Crippen LogP contribution in [0.5, 0.6) is 0 Å². The molecule has 0 aromatic heterocycles. The van der Waals surface area contributed by atoms with Crippen molar-refractivity contribution in [3.05, 3.63) is 46.5 Å². The van der Waals surface area contributed by atoms with E-state index < -0.39 is 0 Å². The number of amidine groups is 1. The molecular formula is C12H16FN5. The van der Waals surface area contributed by atoms with E-state index in [0.717, 1.165) is 0 Å². The summed E-state index contributed by atoms with van der Waals surface area (Å²) in [6.45, 7) is 1.87. The molecule has 0 saturated heterocycles. The van der Waals surface area contributed by atoms with Gasteiger partial charge in [0, 0.05) is 12.0 Å². The lowest BCUT2D eigenvalue weighted by Gasteiger charge is -2.08. The third-order valence-corrected chi connectivity index (χ3v) is 2.63. The number of aryl methyl sites for hydroxylation is 1. The standard InChI is InChI=1S/C12H16FN5/c1-2-8-4-3-7(6-10(8)13)5-9(11(14)15)12(16)18-17/h3-4,6,16-17H,2,5,14-15H2,1H3. The second-order valence-corrected chi connectivity index (χ2v) is 3.85. The number of nitrogens with one attached hydrogen (secondary N) is 2. The lowest BCUT2D eigenvalue weighted by atomic mass is 10.0. The van der Waals surface area contributed by atoms with Crippen molar-refractivity contribution in [2.75, 3.05) is 0 Å². The van der Waals surface area contributed by atoms with Gasteiger partial charge in [0.2, 0.25) is 0 Å². The summed E-state index contributed by atoms with van der Waals surface area (Å²) in [6, 6.07) is 4.83. The largest absolute Gasteiger partial charge is 0.385 e. The van der Waals surface area contributed by atoms with Crippen LogP contribution in [0.15, 0.2) is 34.7 Å². The number of rotatable bonds is 4. The second kappa shape index (κ2) is 5.90. The SMILES string of the molecule is CCc1ccc(CC(C(=N)N=N)=C(N)N)cc1F. The van der Waals surface area contributed by atoms with Crippen LogP contribution in [-0.2, 0) is 12.8 Å². The van der Waals surface area contributed by atoms with Gasteiger partial charge >= 0.3 is 0 Å². The predicted molar refractivity (Wildman–Crippen MR) is 67.8 cm³/mol. The molecule has 1 rings (SSSR count). The lowest BCUT2D eigenvalue weighted by molar-refractivity contribution is 0.610.